The van der Waals surface area contributed by atoms with Crippen molar-refractivity contribution in [3.05, 3.63) is 44.1 Å². The SMILES string of the molecule is Cc1nn(C)c(COc2ccc(CBr)cc2Br)c1Br. The molecule has 19 heavy (non-hydrogen) atoms. The summed E-state index contributed by atoms with van der Waals surface area (Å²) >= 11 is 10.5. The van der Waals surface area contributed by atoms with Crippen molar-refractivity contribution < 1.29 is 4.74 Å². The van der Waals surface area contributed by atoms with Crippen LogP contribution in [0, 0.1) is 6.92 Å². The first-order chi connectivity index (χ1) is 9.02. The van der Waals surface area contributed by atoms with Crippen LogP contribution in [0.4, 0.5) is 0 Å². The molecule has 0 unspecified atom stereocenters. The number of hydrogen-bond acceptors (Lipinski definition) is 2. The first-order valence-corrected chi connectivity index (χ1v) is 8.39. The van der Waals surface area contributed by atoms with E-state index in [0.717, 1.165) is 31.4 Å². The highest BCUT2D eigenvalue weighted by molar-refractivity contribution is 9.11. The molecule has 0 aliphatic carbocycles. The Bertz CT molecular complexity index is 596. The average molecular weight is 453 g/mol. The number of ether oxygens (including phenoxy) is 1. The number of nitrogens with zero attached hydrogens (tertiary/aromatic N) is 2. The summed E-state index contributed by atoms with van der Waals surface area (Å²) in [6.45, 7) is 2.44. The molecule has 3 nitrogen and oxygen atoms in total. The van der Waals surface area contributed by atoms with Gasteiger partial charge in [0.25, 0.3) is 0 Å². The Hall–Kier alpha value is -0.330. The molecule has 2 rings (SSSR count). The van der Waals surface area contributed by atoms with Crippen molar-refractivity contribution in [2.24, 2.45) is 7.05 Å². The van der Waals surface area contributed by atoms with Crippen molar-refractivity contribution >= 4 is 47.8 Å². The van der Waals surface area contributed by atoms with Crippen LogP contribution in [-0.4, -0.2) is 9.78 Å². The minimum Gasteiger partial charge on any atom is -0.486 e. The topological polar surface area (TPSA) is 27.1 Å². The lowest BCUT2D eigenvalue weighted by molar-refractivity contribution is 0.292. The van der Waals surface area contributed by atoms with Gasteiger partial charge in [0.1, 0.15) is 12.4 Å². The van der Waals surface area contributed by atoms with Gasteiger partial charge < -0.3 is 4.74 Å². The van der Waals surface area contributed by atoms with Crippen molar-refractivity contribution in [2.75, 3.05) is 0 Å². The quantitative estimate of drug-likeness (QED) is 0.627. The van der Waals surface area contributed by atoms with Crippen LogP contribution >= 0.6 is 47.8 Å². The van der Waals surface area contributed by atoms with Crippen LogP contribution in [0.1, 0.15) is 17.0 Å². The Morgan fingerprint density at radius 1 is 1.32 bits per heavy atom. The standard InChI is InChI=1S/C13H13Br3N2O/c1-8-13(16)11(18(2)17-8)7-19-12-4-3-9(6-14)5-10(12)15/h3-5H,6-7H2,1-2H3. The van der Waals surface area contributed by atoms with Gasteiger partial charge in [-0.25, -0.2) is 0 Å². The maximum atomic E-state index is 5.84. The maximum Gasteiger partial charge on any atom is 0.134 e. The molecular formula is C13H13Br3N2O. The number of hydrogen-bond donors (Lipinski definition) is 0. The Morgan fingerprint density at radius 2 is 2.05 bits per heavy atom. The highest BCUT2D eigenvalue weighted by atomic mass is 79.9. The van der Waals surface area contributed by atoms with Gasteiger partial charge in [-0.15, -0.1) is 0 Å². The molecule has 6 heteroatoms. The second-order valence-electron chi connectivity index (χ2n) is 4.16. The Labute approximate surface area is 137 Å². The number of aryl methyl sites for hydroxylation is 2. The molecule has 0 N–H and O–H groups in total. The van der Waals surface area contributed by atoms with Gasteiger partial charge in [0.2, 0.25) is 0 Å². The van der Waals surface area contributed by atoms with Crippen molar-refractivity contribution in [1.29, 1.82) is 0 Å². The van der Waals surface area contributed by atoms with E-state index in [-0.39, 0.29) is 0 Å². The van der Waals surface area contributed by atoms with Gasteiger partial charge in [0.05, 0.1) is 20.3 Å². The number of alkyl halides is 1. The monoisotopic (exact) mass is 450 g/mol. The summed E-state index contributed by atoms with van der Waals surface area (Å²) in [5.74, 6) is 0.829. The van der Waals surface area contributed by atoms with E-state index in [2.05, 4.69) is 52.9 Å². The van der Waals surface area contributed by atoms with Gasteiger partial charge in [-0.2, -0.15) is 5.10 Å². The predicted octanol–water partition coefficient (Wildman–Crippen LogP) is 4.73. The van der Waals surface area contributed by atoms with Crippen LogP contribution < -0.4 is 4.74 Å². The molecule has 0 aliphatic rings. The van der Waals surface area contributed by atoms with Crippen molar-refractivity contribution in [2.45, 2.75) is 18.9 Å². The molecule has 1 aromatic carbocycles. The molecule has 0 spiro atoms. The zero-order chi connectivity index (χ0) is 14.0. The second-order valence-corrected chi connectivity index (χ2v) is 6.36. The molecule has 0 saturated heterocycles. The average Bonchev–Trinajstić information content (AvgIpc) is 2.62. The van der Waals surface area contributed by atoms with E-state index in [9.17, 15) is 0 Å². The fourth-order valence-electron chi connectivity index (χ4n) is 1.73. The van der Waals surface area contributed by atoms with E-state index in [1.807, 2.05) is 36.9 Å². The number of benzene rings is 1. The summed E-state index contributed by atoms with van der Waals surface area (Å²) < 4.78 is 9.64. The summed E-state index contributed by atoms with van der Waals surface area (Å²) in [6, 6.07) is 6.06. The normalized spacial score (nSPS) is 10.8. The molecule has 0 atom stereocenters. The van der Waals surface area contributed by atoms with E-state index in [4.69, 9.17) is 4.74 Å². The van der Waals surface area contributed by atoms with Gasteiger partial charge in [-0.3, -0.25) is 4.68 Å². The molecule has 0 radical (unpaired) electrons. The zero-order valence-corrected chi connectivity index (χ0v) is 15.3. The molecule has 0 saturated carbocycles. The van der Waals surface area contributed by atoms with Gasteiger partial charge >= 0.3 is 0 Å². The van der Waals surface area contributed by atoms with Crippen LogP contribution in [0.5, 0.6) is 5.75 Å². The van der Waals surface area contributed by atoms with Gasteiger partial charge in [0, 0.05) is 12.4 Å². The Balaban J connectivity index is 2.14. The van der Waals surface area contributed by atoms with E-state index in [1.165, 1.54) is 5.56 Å². The van der Waals surface area contributed by atoms with E-state index in [1.54, 1.807) is 0 Å². The van der Waals surface area contributed by atoms with Crippen molar-refractivity contribution in [3.63, 3.8) is 0 Å². The number of aromatic nitrogens is 2. The highest BCUT2D eigenvalue weighted by Gasteiger charge is 2.12. The van der Waals surface area contributed by atoms with Gasteiger partial charge in [-0.05, 0) is 56.5 Å². The maximum absolute atomic E-state index is 5.84. The molecule has 0 amide bonds. The van der Waals surface area contributed by atoms with Crippen molar-refractivity contribution in [3.8, 4) is 5.75 Å². The minimum absolute atomic E-state index is 0.476. The van der Waals surface area contributed by atoms with E-state index >= 15 is 0 Å². The molecule has 0 aliphatic heterocycles. The van der Waals surface area contributed by atoms with Gasteiger partial charge in [0.15, 0.2) is 0 Å². The van der Waals surface area contributed by atoms with Crippen molar-refractivity contribution in [1.82, 2.24) is 9.78 Å². The summed E-state index contributed by atoms with van der Waals surface area (Å²) in [7, 11) is 1.92. The van der Waals surface area contributed by atoms with Gasteiger partial charge in [-0.1, -0.05) is 22.0 Å². The summed E-state index contributed by atoms with van der Waals surface area (Å²) in [5, 5.41) is 5.18. The van der Waals surface area contributed by atoms with E-state index in [0.29, 0.717) is 6.61 Å². The number of halogens is 3. The smallest absolute Gasteiger partial charge is 0.134 e. The third-order valence-corrected chi connectivity index (χ3v) is 5.08. The predicted molar refractivity (Wildman–Crippen MR) is 86.8 cm³/mol. The summed E-state index contributed by atoms with van der Waals surface area (Å²) in [6.07, 6.45) is 0. The molecule has 0 fully saturated rings. The van der Waals surface area contributed by atoms with Crippen LogP contribution in [-0.2, 0) is 19.0 Å². The number of rotatable bonds is 4. The first kappa shape index (κ1) is 15.1. The third kappa shape index (κ3) is 3.41. The lowest BCUT2D eigenvalue weighted by Gasteiger charge is -2.09. The highest BCUT2D eigenvalue weighted by Crippen LogP contribution is 2.29. The summed E-state index contributed by atoms with van der Waals surface area (Å²) in [5.41, 5.74) is 3.19. The molecule has 2 aromatic rings. The molecule has 1 heterocycles. The minimum atomic E-state index is 0.476. The van der Waals surface area contributed by atoms with Crippen LogP contribution in [0.3, 0.4) is 0 Å². The lowest BCUT2D eigenvalue weighted by atomic mass is 10.2. The molecule has 0 bridgehead atoms. The summed E-state index contributed by atoms with van der Waals surface area (Å²) in [4.78, 5) is 0. The fraction of sp³-hybridized carbons (Fsp3) is 0.308. The fourth-order valence-corrected chi connectivity index (χ4v) is 3.07. The van der Waals surface area contributed by atoms with Crippen LogP contribution in [0.2, 0.25) is 0 Å². The molecule has 1 aromatic heterocycles. The Kier molecular flexibility index (Phi) is 5.09. The van der Waals surface area contributed by atoms with Crippen LogP contribution in [0.25, 0.3) is 0 Å². The van der Waals surface area contributed by atoms with E-state index < -0.39 is 0 Å². The third-order valence-electron chi connectivity index (χ3n) is 2.78. The zero-order valence-electron chi connectivity index (χ0n) is 10.6. The molecule has 102 valence electrons. The lowest BCUT2D eigenvalue weighted by Crippen LogP contribution is -2.04. The second kappa shape index (κ2) is 6.41. The largest absolute Gasteiger partial charge is 0.486 e. The Morgan fingerprint density at radius 3 is 2.58 bits per heavy atom. The molecular weight excluding hydrogens is 440 g/mol. The van der Waals surface area contributed by atoms with Crippen LogP contribution in [0.15, 0.2) is 27.1 Å². The first-order valence-electron chi connectivity index (χ1n) is 5.68.